The van der Waals surface area contributed by atoms with Gasteiger partial charge in [-0.25, -0.2) is 14.6 Å². The lowest BCUT2D eigenvalue weighted by Crippen LogP contribution is -2.35. The summed E-state index contributed by atoms with van der Waals surface area (Å²) in [6, 6.07) is 6.55. The number of nitrogens with zero attached hydrogens (tertiary/aromatic N) is 3. The third-order valence-electron chi connectivity index (χ3n) is 4.24. The number of fused-ring (bicyclic) bond motifs is 1. The molecule has 0 spiro atoms. The lowest BCUT2D eigenvalue weighted by molar-refractivity contribution is 0.207. The molecule has 0 unspecified atom stereocenters. The van der Waals surface area contributed by atoms with Gasteiger partial charge in [0.25, 0.3) is 0 Å². The minimum Gasteiger partial charge on any atom is -0.423 e. The Morgan fingerprint density at radius 2 is 2.15 bits per heavy atom. The molecule has 0 aliphatic rings. The molecule has 0 saturated carbocycles. The average Bonchev–Trinajstić information content (AvgIpc) is 2.99. The third-order valence-corrected chi connectivity index (χ3v) is 4.24. The Bertz CT molecular complexity index is 990. The summed E-state index contributed by atoms with van der Waals surface area (Å²) in [4.78, 5) is 30.3. The van der Waals surface area contributed by atoms with E-state index < -0.39 is 5.63 Å². The summed E-state index contributed by atoms with van der Waals surface area (Å²) in [5, 5.41) is 3.73. The van der Waals surface area contributed by atoms with Gasteiger partial charge in [0, 0.05) is 49.2 Å². The number of imidazole rings is 1. The summed E-state index contributed by atoms with van der Waals surface area (Å²) >= 11 is 0. The van der Waals surface area contributed by atoms with E-state index in [-0.39, 0.29) is 6.03 Å². The minimum absolute atomic E-state index is 0.218. The van der Waals surface area contributed by atoms with E-state index in [1.54, 1.807) is 23.2 Å². The van der Waals surface area contributed by atoms with E-state index in [1.807, 2.05) is 37.7 Å². The average molecular weight is 354 g/mol. The SMILES string of the molecule is CCCN(Cc1nccn1C)C(=O)Nc1ccc2c(C)cc(=O)oc2c1. The summed E-state index contributed by atoms with van der Waals surface area (Å²) in [5.74, 6) is 0.814. The Hall–Kier alpha value is -3.09. The highest BCUT2D eigenvalue weighted by Crippen LogP contribution is 2.21. The number of aromatic nitrogens is 2. The van der Waals surface area contributed by atoms with Gasteiger partial charge in [0.2, 0.25) is 0 Å². The van der Waals surface area contributed by atoms with Crippen LogP contribution in [0.25, 0.3) is 11.0 Å². The molecule has 7 heteroatoms. The van der Waals surface area contributed by atoms with Crippen molar-refractivity contribution in [3.63, 3.8) is 0 Å². The van der Waals surface area contributed by atoms with E-state index in [0.717, 1.165) is 23.2 Å². The predicted octanol–water partition coefficient (Wildman–Crippen LogP) is 3.28. The molecule has 0 fully saturated rings. The molecule has 3 rings (SSSR count). The van der Waals surface area contributed by atoms with Crippen molar-refractivity contribution < 1.29 is 9.21 Å². The smallest absolute Gasteiger partial charge is 0.336 e. The molecule has 136 valence electrons. The first kappa shape index (κ1) is 17.7. The third kappa shape index (κ3) is 3.77. The van der Waals surface area contributed by atoms with Crippen LogP contribution in [-0.2, 0) is 13.6 Å². The summed E-state index contributed by atoms with van der Waals surface area (Å²) in [5.41, 5.74) is 1.48. The van der Waals surface area contributed by atoms with Gasteiger partial charge in [-0.3, -0.25) is 0 Å². The van der Waals surface area contributed by atoms with Crippen molar-refractivity contribution in [2.24, 2.45) is 7.05 Å². The van der Waals surface area contributed by atoms with Gasteiger partial charge in [0.1, 0.15) is 11.4 Å². The van der Waals surface area contributed by atoms with Crippen LogP contribution in [0.5, 0.6) is 0 Å². The van der Waals surface area contributed by atoms with Gasteiger partial charge in [-0.2, -0.15) is 0 Å². The highest BCUT2D eigenvalue weighted by atomic mass is 16.4. The van der Waals surface area contributed by atoms with Crippen LogP contribution in [0.4, 0.5) is 10.5 Å². The van der Waals surface area contributed by atoms with Gasteiger partial charge >= 0.3 is 11.7 Å². The highest BCUT2D eigenvalue weighted by molar-refractivity contribution is 5.92. The van der Waals surface area contributed by atoms with Gasteiger partial charge in [0.15, 0.2) is 0 Å². The van der Waals surface area contributed by atoms with Crippen molar-refractivity contribution >= 4 is 22.7 Å². The number of nitrogens with one attached hydrogen (secondary N) is 1. The number of amides is 2. The molecule has 7 nitrogen and oxygen atoms in total. The first-order chi connectivity index (χ1) is 12.5. The van der Waals surface area contributed by atoms with E-state index in [4.69, 9.17) is 4.42 Å². The number of urea groups is 1. The molecule has 0 aliphatic carbocycles. The number of hydrogen-bond acceptors (Lipinski definition) is 4. The summed E-state index contributed by atoms with van der Waals surface area (Å²) in [6.07, 6.45) is 4.40. The van der Waals surface area contributed by atoms with Gasteiger partial charge in [-0.05, 0) is 31.0 Å². The van der Waals surface area contributed by atoms with Crippen LogP contribution in [0.3, 0.4) is 0 Å². The van der Waals surface area contributed by atoms with Crippen LogP contribution < -0.4 is 10.9 Å². The lowest BCUT2D eigenvalue weighted by atomic mass is 10.1. The van der Waals surface area contributed by atoms with Gasteiger partial charge in [-0.1, -0.05) is 6.92 Å². The van der Waals surface area contributed by atoms with Crippen LogP contribution in [0.2, 0.25) is 0 Å². The molecule has 2 heterocycles. The number of rotatable bonds is 5. The molecular weight excluding hydrogens is 332 g/mol. The number of hydrogen-bond donors (Lipinski definition) is 1. The van der Waals surface area contributed by atoms with Crippen LogP contribution in [0, 0.1) is 6.92 Å². The largest absolute Gasteiger partial charge is 0.423 e. The predicted molar refractivity (Wildman–Crippen MR) is 100 cm³/mol. The lowest BCUT2D eigenvalue weighted by Gasteiger charge is -2.22. The topological polar surface area (TPSA) is 80.4 Å². The molecule has 0 aliphatic heterocycles. The van der Waals surface area contributed by atoms with Crippen LogP contribution in [-0.4, -0.2) is 27.0 Å². The van der Waals surface area contributed by atoms with Crippen molar-refractivity contribution in [2.45, 2.75) is 26.8 Å². The Balaban J connectivity index is 1.81. The zero-order valence-corrected chi connectivity index (χ0v) is 15.2. The van der Waals surface area contributed by atoms with E-state index in [0.29, 0.717) is 24.4 Å². The minimum atomic E-state index is -0.402. The number of anilines is 1. The first-order valence-corrected chi connectivity index (χ1v) is 8.54. The molecule has 1 N–H and O–H groups in total. The molecule has 0 radical (unpaired) electrons. The Morgan fingerprint density at radius 1 is 1.35 bits per heavy atom. The van der Waals surface area contributed by atoms with Crippen LogP contribution in [0.1, 0.15) is 24.7 Å². The summed E-state index contributed by atoms with van der Waals surface area (Å²) < 4.78 is 7.13. The second-order valence-electron chi connectivity index (χ2n) is 6.27. The molecule has 3 aromatic rings. The van der Waals surface area contributed by atoms with E-state index in [2.05, 4.69) is 10.3 Å². The van der Waals surface area contributed by atoms with E-state index >= 15 is 0 Å². The second kappa shape index (κ2) is 7.43. The summed E-state index contributed by atoms with van der Waals surface area (Å²) in [6.45, 7) is 4.91. The molecule has 2 amide bonds. The fraction of sp³-hybridized carbons (Fsp3) is 0.316. The maximum atomic E-state index is 12.7. The second-order valence-corrected chi connectivity index (χ2v) is 6.27. The molecule has 26 heavy (non-hydrogen) atoms. The van der Waals surface area contributed by atoms with Gasteiger partial charge in [0.05, 0.1) is 6.54 Å². The van der Waals surface area contributed by atoms with Crippen molar-refractivity contribution in [3.05, 3.63) is 58.5 Å². The quantitative estimate of drug-likeness (QED) is 0.713. The van der Waals surface area contributed by atoms with Crippen molar-refractivity contribution in [1.82, 2.24) is 14.5 Å². The zero-order valence-electron chi connectivity index (χ0n) is 15.2. The molecule has 0 saturated heterocycles. The number of benzene rings is 1. The van der Waals surface area contributed by atoms with Crippen LogP contribution in [0.15, 0.2) is 45.9 Å². The molecule has 2 aromatic heterocycles. The number of carbonyl (C=O) groups is 1. The summed E-state index contributed by atoms with van der Waals surface area (Å²) in [7, 11) is 1.90. The Labute approximate surface area is 151 Å². The standard InChI is InChI=1S/C19H22N4O3/c1-4-8-23(12-17-20-7-9-22(17)3)19(25)21-14-5-6-15-13(2)10-18(24)26-16(15)11-14/h5-7,9-11H,4,8,12H2,1-3H3,(H,21,25). The van der Waals surface area contributed by atoms with Gasteiger partial charge < -0.3 is 19.2 Å². The Kier molecular flexibility index (Phi) is 5.06. The van der Waals surface area contributed by atoms with Crippen molar-refractivity contribution in [1.29, 1.82) is 0 Å². The number of aryl methyl sites for hydroxylation is 2. The first-order valence-electron chi connectivity index (χ1n) is 8.54. The molecule has 0 atom stereocenters. The fourth-order valence-corrected chi connectivity index (χ4v) is 2.85. The normalized spacial score (nSPS) is 10.9. The molecule has 0 bridgehead atoms. The maximum Gasteiger partial charge on any atom is 0.336 e. The van der Waals surface area contributed by atoms with Gasteiger partial charge in [-0.15, -0.1) is 0 Å². The molecular formula is C19H22N4O3. The zero-order chi connectivity index (χ0) is 18.7. The molecule has 1 aromatic carbocycles. The maximum absolute atomic E-state index is 12.7. The van der Waals surface area contributed by atoms with Crippen molar-refractivity contribution in [3.8, 4) is 0 Å². The monoisotopic (exact) mass is 354 g/mol. The van der Waals surface area contributed by atoms with Crippen molar-refractivity contribution in [2.75, 3.05) is 11.9 Å². The Morgan fingerprint density at radius 3 is 2.85 bits per heavy atom. The number of carbonyl (C=O) groups excluding carboxylic acids is 1. The van der Waals surface area contributed by atoms with Crippen LogP contribution >= 0.6 is 0 Å². The fourth-order valence-electron chi connectivity index (χ4n) is 2.85. The highest BCUT2D eigenvalue weighted by Gasteiger charge is 2.16. The van der Waals surface area contributed by atoms with E-state index in [9.17, 15) is 9.59 Å². The van der Waals surface area contributed by atoms with E-state index in [1.165, 1.54) is 6.07 Å².